The number of aromatic nitrogens is 4. The van der Waals surface area contributed by atoms with Crippen molar-refractivity contribution in [1.29, 1.82) is 0 Å². The number of aromatic carboxylic acids is 1. The minimum atomic E-state index is -0.963. The number of nitrogens with zero attached hydrogens (tertiary/aromatic N) is 5. The van der Waals surface area contributed by atoms with Gasteiger partial charge >= 0.3 is 5.97 Å². The molecule has 98 valence electrons. The second-order valence-corrected chi connectivity index (χ2v) is 4.49. The van der Waals surface area contributed by atoms with E-state index in [9.17, 15) is 9.90 Å². The van der Waals surface area contributed by atoms with Crippen molar-refractivity contribution in [2.75, 3.05) is 11.4 Å². The van der Waals surface area contributed by atoms with E-state index >= 15 is 0 Å². The van der Waals surface area contributed by atoms with Crippen LogP contribution in [0.2, 0.25) is 0 Å². The molecular formula is C12H13N5O2. The van der Waals surface area contributed by atoms with Crippen molar-refractivity contribution in [3.05, 3.63) is 35.5 Å². The number of carboxylic acid groups (broad SMARTS) is 1. The summed E-state index contributed by atoms with van der Waals surface area (Å²) in [5.74, 6) is 0.363. The molecule has 0 atom stereocenters. The summed E-state index contributed by atoms with van der Waals surface area (Å²) in [7, 11) is 0. The fraction of sp³-hybridized carbons (Fsp3) is 0.333. The Morgan fingerprint density at radius 3 is 3.00 bits per heavy atom. The van der Waals surface area contributed by atoms with E-state index in [1.165, 1.54) is 0 Å². The predicted molar refractivity (Wildman–Crippen MR) is 67.0 cm³/mol. The molecule has 7 nitrogen and oxygen atoms in total. The summed E-state index contributed by atoms with van der Waals surface area (Å²) in [6.07, 6.45) is 1.69. The zero-order valence-electron chi connectivity index (χ0n) is 10.4. The average Bonchev–Trinajstić information content (AvgIpc) is 2.85. The van der Waals surface area contributed by atoms with E-state index in [2.05, 4.69) is 15.2 Å². The molecule has 2 aromatic rings. The third-order valence-corrected chi connectivity index (χ3v) is 3.18. The smallest absolute Gasteiger partial charge is 0.339 e. The molecule has 0 bridgehead atoms. The van der Waals surface area contributed by atoms with Crippen LogP contribution in [-0.4, -0.2) is 37.4 Å². The summed E-state index contributed by atoms with van der Waals surface area (Å²) in [6, 6.07) is 3.30. The Labute approximate surface area is 109 Å². The first kappa shape index (κ1) is 11.6. The van der Waals surface area contributed by atoms with Crippen LogP contribution in [0.3, 0.4) is 0 Å². The van der Waals surface area contributed by atoms with Gasteiger partial charge < -0.3 is 14.6 Å². The van der Waals surface area contributed by atoms with Gasteiger partial charge in [0.25, 0.3) is 0 Å². The summed E-state index contributed by atoms with van der Waals surface area (Å²) >= 11 is 0. The number of fused-ring (bicyclic) bond motifs is 1. The van der Waals surface area contributed by atoms with Crippen molar-refractivity contribution >= 4 is 11.8 Å². The highest BCUT2D eigenvalue weighted by atomic mass is 16.4. The fourth-order valence-corrected chi connectivity index (χ4v) is 2.20. The van der Waals surface area contributed by atoms with E-state index in [-0.39, 0.29) is 5.56 Å². The van der Waals surface area contributed by atoms with Crippen LogP contribution in [-0.2, 0) is 13.1 Å². The van der Waals surface area contributed by atoms with Crippen molar-refractivity contribution in [1.82, 2.24) is 19.7 Å². The number of hydrogen-bond acceptors (Lipinski definition) is 5. The molecule has 0 amide bonds. The largest absolute Gasteiger partial charge is 0.478 e. The minimum Gasteiger partial charge on any atom is -0.478 e. The van der Waals surface area contributed by atoms with E-state index in [0.717, 1.165) is 18.1 Å². The Morgan fingerprint density at radius 2 is 2.21 bits per heavy atom. The molecule has 0 aliphatic carbocycles. The molecule has 0 radical (unpaired) electrons. The molecule has 1 aliphatic heterocycles. The topological polar surface area (TPSA) is 84.1 Å². The van der Waals surface area contributed by atoms with Crippen molar-refractivity contribution < 1.29 is 9.90 Å². The molecule has 0 saturated heterocycles. The van der Waals surface area contributed by atoms with Crippen LogP contribution in [0, 0.1) is 6.92 Å². The SMILES string of the molecule is Cc1ccc(C(=O)O)c(N2CCn3cnnc3C2)n1. The van der Waals surface area contributed by atoms with Crippen LogP contribution >= 0.6 is 0 Å². The van der Waals surface area contributed by atoms with Gasteiger partial charge in [-0.15, -0.1) is 10.2 Å². The summed E-state index contributed by atoms with van der Waals surface area (Å²) < 4.78 is 1.97. The lowest BCUT2D eigenvalue weighted by Crippen LogP contribution is -2.35. The molecule has 2 aromatic heterocycles. The lowest BCUT2D eigenvalue weighted by Gasteiger charge is -2.29. The van der Waals surface area contributed by atoms with Crippen LogP contribution in [0.25, 0.3) is 0 Å². The number of aryl methyl sites for hydroxylation is 1. The molecule has 0 spiro atoms. The number of anilines is 1. The van der Waals surface area contributed by atoms with E-state index < -0.39 is 5.97 Å². The van der Waals surface area contributed by atoms with Gasteiger partial charge in [0, 0.05) is 18.8 Å². The van der Waals surface area contributed by atoms with Gasteiger partial charge in [-0.1, -0.05) is 0 Å². The predicted octanol–water partition coefficient (Wildman–Crippen LogP) is 0.700. The van der Waals surface area contributed by atoms with Crippen LogP contribution in [0.1, 0.15) is 21.9 Å². The monoisotopic (exact) mass is 259 g/mol. The Hall–Kier alpha value is -2.44. The minimum absolute atomic E-state index is 0.221. The highest BCUT2D eigenvalue weighted by Crippen LogP contribution is 2.22. The highest BCUT2D eigenvalue weighted by Gasteiger charge is 2.23. The highest BCUT2D eigenvalue weighted by molar-refractivity contribution is 5.93. The van der Waals surface area contributed by atoms with Crippen molar-refractivity contribution in [2.24, 2.45) is 0 Å². The first-order valence-corrected chi connectivity index (χ1v) is 5.98. The molecule has 0 fully saturated rings. The Morgan fingerprint density at radius 1 is 1.37 bits per heavy atom. The van der Waals surface area contributed by atoms with Crippen molar-refractivity contribution in [3.8, 4) is 0 Å². The van der Waals surface area contributed by atoms with Crippen LogP contribution in [0.5, 0.6) is 0 Å². The molecule has 7 heteroatoms. The zero-order chi connectivity index (χ0) is 13.4. The van der Waals surface area contributed by atoms with Gasteiger partial charge in [-0.05, 0) is 19.1 Å². The normalized spacial score (nSPS) is 14.3. The molecule has 1 N–H and O–H groups in total. The maximum atomic E-state index is 11.3. The lowest BCUT2D eigenvalue weighted by molar-refractivity contribution is 0.0697. The Balaban J connectivity index is 1.99. The second-order valence-electron chi connectivity index (χ2n) is 4.49. The van der Waals surface area contributed by atoms with Crippen molar-refractivity contribution in [3.63, 3.8) is 0 Å². The first-order valence-electron chi connectivity index (χ1n) is 5.98. The molecular weight excluding hydrogens is 246 g/mol. The van der Waals surface area contributed by atoms with Crippen molar-refractivity contribution in [2.45, 2.75) is 20.0 Å². The third kappa shape index (κ3) is 2.03. The van der Waals surface area contributed by atoms with Gasteiger partial charge in [-0.2, -0.15) is 0 Å². The van der Waals surface area contributed by atoms with E-state index in [1.54, 1.807) is 18.5 Å². The van der Waals surface area contributed by atoms with Crippen LogP contribution in [0.4, 0.5) is 5.82 Å². The summed E-state index contributed by atoms with van der Waals surface area (Å²) in [6.45, 7) is 3.80. The summed E-state index contributed by atoms with van der Waals surface area (Å²) in [4.78, 5) is 17.6. The molecule has 0 unspecified atom stereocenters. The van der Waals surface area contributed by atoms with Crippen LogP contribution in [0.15, 0.2) is 18.5 Å². The quantitative estimate of drug-likeness (QED) is 0.854. The molecule has 19 heavy (non-hydrogen) atoms. The van der Waals surface area contributed by atoms with E-state index in [1.807, 2.05) is 16.4 Å². The number of rotatable bonds is 2. The van der Waals surface area contributed by atoms with Gasteiger partial charge in [0.05, 0.1) is 6.54 Å². The fourth-order valence-electron chi connectivity index (χ4n) is 2.20. The summed E-state index contributed by atoms with van der Waals surface area (Å²) in [5, 5.41) is 17.1. The Kier molecular flexibility index (Phi) is 2.66. The standard InChI is InChI=1S/C12H13N5O2/c1-8-2-3-9(12(18)19)11(14-8)16-4-5-17-7-13-15-10(17)6-16/h2-3,7H,4-6H2,1H3,(H,18,19). The third-order valence-electron chi connectivity index (χ3n) is 3.18. The number of carbonyl (C=O) groups is 1. The Bertz CT molecular complexity index is 637. The maximum Gasteiger partial charge on any atom is 0.339 e. The summed E-state index contributed by atoms with van der Waals surface area (Å²) in [5.41, 5.74) is 1.02. The second kappa shape index (κ2) is 4.34. The van der Waals surface area contributed by atoms with Crippen LogP contribution < -0.4 is 4.90 Å². The maximum absolute atomic E-state index is 11.3. The van der Waals surface area contributed by atoms with Gasteiger partial charge in [-0.25, -0.2) is 9.78 Å². The molecule has 3 rings (SSSR count). The average molecular weight is 259 g/mol. The van der Waals surface area contributed by atoms with E-state index in [4.69, 9.17) is 0 Å². The van der Waals surface area contributed by atoms with Gasteiger partial charge in [0.1, 0.15) is 17.7 Å². The molecule has 0 aromatic carbocycles. The first-order chi connectivity index (χ1) is 9.15. The molecule has 3 heterocycles. The molecule has 0 saturated carbocycles. The number of pyridine rings is 1. The molecule has 1 aliphatic rings. The lowest BCUT2D eigenvalue weighted by atomic mass is 10.2. The van der Waals surface area contributed by atoms with E-state index in [0.29, 0.717) is 18.9 Å². The zero-order valence-corrected chi connectivity index (χ0v) is 10.4. The number of hydrogen-bond donors (Lipinski definition) is 1. The van der Waals surface area contributed by atoms with Gasteiger partial charge in [-0.3, -0.25) is 0 Å². The van der Waals surface area contributed by atoms with Gasteiger partial charge in [0.15, 0.2) is 5.82 Å². The number of carboxylic acids is 1. The van der Waals surface area contributed by atoms with Gasteiger partial charge in [0.2, 0.25) is 0 Å².